The van der Waals surface area contributed by atoms with E-state index in [0.717, 1.165) is 64.2 Å². The third kappa shape index (κ3) is 29.1. The number of aliphatic hydroxyl groups is 7. The van der Waals surface area contributed by atoms with Gasteiger partial charge in [-0.05, 0) is 38.5 Å². The lowest BCUT2D eigenvalue weighted by Crippen LogP contribution is -2.61. The summed E-state index contributed by atoms with van der Waals surface area (Å²) in [4.78, 5) is 13.0. The Morgan fingerprint density at radius 1 is 0.485 bits per heavy atom. The van der Waals surface area contributed by atoms with Gasteiger partial charge in [0.1, 0.15) is 54.9 Å². The Morgan fingerprint density at radius 2 is 0.926 bits per heavy atom. The highest BCUT2D eigenvalue weighted by atomic mass is 16.7. The molecule has 0 aromatic heterocycles. The number of unbranched alkanes of at least 4 members (excludes halogenated alkanes) is 26. The van der Waals surface area contributed by atoms with Gasteiger partial charge in [-0.2, -0.15) is 0 Å². The maximum Gasteiger partial charge on any atom is 0.306 e. The second-order valence-corrected chi connectivity index (χ2v) is 19.4. The minimum absolute atomic E-state index is 0.0601. The van der Waals surface area contributed by atoms with Gasteiger partial charge in [-0.25, -0.2) is 0 Å². The Hall–Kier alpha value is -1.53. The van der Waals surface area contributed by atoms with Crippen molar-refractivity contribution in [1.29, 1.82) is 0 Å². The summed E-state index contributed by atoms with van der Waals surface area (Å²) in [6, 6.07) is 0. The van der Waals surface area contributed by atoms with Gasteiger partial charge in [0.2, 0.25) is 0 Å². The Labute approximate surface area is 411 Å². The van der Waals surface area contributed by atoms with Crippen molar-refractivity contribution < 1.29 is 69.0 Å². The lowest BCUT2D eigenvalue weighted by molar-refractivity contribution is -0.332. The summed E-state index contributed by atoms with van der Waals surface area (Å²) < 4.78 is 34.3. The summed E-state index contributed by atoms with van der Waals surface area (Å²) in [7, 11) is 0. The van der Waals surface area contributed by atoms with E-state index in [-0.39, 0.29) is 25.6 Å². The Morgan fingerprint density at radius 3 is 1.46 bits per heavy atom. The SMILES string of the molecule is CCCC/C=C\C/C=C\CCCCCCCC(=O)OC(COCCCCCCCCCCCCCCCCCCCCCC)COC1OC(COC2OC(CO)C(O)C(O)C2O)C(O)C(O)C1O. The fourth-order valence-corrected chi connectivity index (χ4v) is 8.71. The molecule has 2 saturated heterocycles. The van der Waals surface area contributed by atoms with Crippen molar-refractivity contribution in [3.8, 4) is 0 Å². The van der Waals surface area contributed by atoms with Crippen LogP contribution in [0.5, 0.6) is 0 Å². The molecule has 0 aromatic carbocycles. The minimum atomic E-state index is -1.71. The highest BCUT2D eigenvalue weighted by Gasteiger charge is 2.47. The van der Waals surface area contributed by atoms with E-state index in [1.54, 1.807) is 0 Å². The van der Waals surface area contributed by atoms with E-state index in [1.165, 1.54) is 122 Å². The van der Waals surface area contributed by atoms with Crippen LogP contribution in [0.3, 0.4) is 0 Å². The Bertz CT molecular complexity index is 1220. The summed E-state index contributed by atoms with van der Waals surface area (Å²) in [5, 5.41) is 72.2. The molecule has 2 aliphatic heterocycles. The van der Waals surface area contributed by atoms with E-state index in [1.807, 2.05) is 0 Å². The lowest BCUT2D eigenvalue weighted by Gasteiger charge is -2.42. The normalized spacial score (nSPS) is 26.0. The molecule has 14 heteroatoms. The number of rotatable bonds is 44. The van der Waals surface area contributed by atoms with Gasteiger partial charge in [-0.3, -0.25) is 4.79 Å². The molecular formula is C54H100O14. The number of aliphatic hydroxyl groups excluding tert-OH is 7. The molecule has 0 aliphatic carbocycles. The molecule has 0 aromatic rings. The van der Waals surface area contributed by atoms with Crippen LogP contribution in [0.4, 0.5) is 0 Å². The van der Waals surface area contributed by atoms with Crippen LogP contribution >= 0.6 is 0 Å². The van der Waals surface area contributed by atoms with Gasteiger partial charge in [0.05, 0.1) is 26.4 Å². The molecule has 2 fully saturated rings. The van der Waals surface area contributed by atoms with Crippen LogP contribution in [-0.4, -0.2) is 142 Å². The van der Waals surface area contributed by atoms with Crippen molar-refractivity contribution >= 4 is 5.97 Å². The van der Waals surface area contributed by atoms with Crippen LogP contribution in [0, 0.1) is 0 Å². The molecule has 2 heterocycles. The fourth-order valence-electron chi connectivity index (χ4n) is 8.71. The van der Waals surface area contributed by atoms with Crippen LogP contribution in [0.25, 0.3) is 0 Å². The van der Waals surface area contributed by atoms with E-state index >= 15 is 0 Å². The average Bonchev–Trinajstić information content (AvgIpc) is 3.33. The first-order valence-electron chi connectivity index (χ1n) is 27.4. The summed E-state index contributed by atoms with van der Waals surface area (Å²) in [6.07, 6.45) is 29.5. The summed E-state index contributed by atoms with van der Waals surface area (Å²) in [6.45, 7) is 3.66. The predicted octanol–water partition coefficient (Wildman–Crippen LogP) is 8.80. The molecule has 14 nitrogen and oxygen atoms in total. The van der Waals surface area contributed by atoms with Crippen molar-refractivity contribution in [2.75, 3.05) is 33.0 Å². The molecule has 0 radical (unpaired) electrons. The van der Waals surface area contributed by atoms with Gasteiger partial charge in [-0.1, -0.05) is 192 Å². The predicted molar refractivity (Wildman–Crippen MR) is 266 cm³/mol. The molecule has 2 rings (SSSR count). The quantitative estimate of drug-likeness (QED) is 0.0173. The topological polar surface area (TPSA) is 214 Å². The number of carbonyl (C=O) groups is 1. The summed E-state index contributed by atoms with van der Waals surface area (Å²) >= 11 is 0. The second-order valence-electron chi connectivity index (χ2n) is 19.4. The smallest absolute Gasteiger partial charge is 0.306 e. The highest BCUT2D eigenvalue weighted by Crippen LogP contribution is 2.26. The summed E-state index contributed by atoms with van der Waals surface area (Å²) in [5.74, 6) is -0.387. The Balaban J connectivity index is 1.73. The molecule has 0 amide bonds. The van der Waals surface area contributed by atoms with E-state index in [9.17, 15) is 40.5 Å². The molecule has 68 heavy (non-hydrogen) atoms. The zero-order chi connectivity index (χ0) is 49.5. The number of hydrogen-bond donors (Lipinski definition) is 7. The van der Waals surface area contributed by atoms with Gasteiger partial charge in [0.15, 0.2) is 12.6 Å². The number of hydrogen-bond acceptors (Lipinski definition) is 14. The first-order valence-corrected chi connectivity index (χ1v) is 27.4. The Kier molecular flexibility index (Phi) is 38.7. The van der Waals surface area contributed by atoms with Crippen LogP contribution in [0.2, 0.25) is 0 Å². The number of carbonyl (C=O) groups excluding carboxylic acids is 1. The maximum atomic E-state index is 13.0. The van der Waals surface area contributed by atoms with Crippen molar-refractivity contribution in [3.63, 3.8) is 0 Å². The first kappa shape index (κ1) is 62.6. The molecule has 7 N–H and O–H groups in total. The lowest BCUT2D eigenvalue weighted by atomic mass is 9.98. The molecule has 0 spiro atoms. The zero-order valence-corrected chi connectivity index (χ0v) is 42.6. The number of allylic oxidation sites excluding steroid dienone is 4. The van der Waals surface area contributed by atoms with Crippen molar-refractivity contribution in [2.45, 2.75) is 280 Å². The van der Waals surface area contributed by atoms with Gasteiger partial charge in [0.25, 0.3) is 0 Å². The van der Waals surface area contributed by atoms with Crippen molar-refractivity contribution in [1.82, 2.24) is 0 Å². The van der Waals surface area contributed by atoms with Crippen molar-refractivity contribution in [2.24, 2.45) is 0 Å². The van der Waals surface area contributed by atoms with Crippen LogP contribution in [0.1, 0.15) is 213 Å². The standard InChI is InChI=1S/C54H100O14/c1-3-5-7-9-11-13-15-17-19-20-21-22-23-24-26-28-30-32-34-36-38-63-40-43(66-46(56)37-35-33-31-29-27-25-18-16-14-12-10-8-6-4-2)41-64-53-52(62)50(60)48(58)45(68-53)42-65-54-51(61)49(59)47(57)44(39-55)67-54/h10,12,16,18,43-45,47-55,57-62H,3-9,11,13-15,17,19-42H2,1-2H3/b12-10-,18-16-. The average molecular weight is 973 g/mol. The van der Waals surface area contributed by atoms with Gasteiger partial charge >= 0.3 is 5.97 Å². The zero-order valence-electron chi connectivity index (χ0n) is 42.6. The molecule has 0 saturated carbocycles. The fraction of sp³-hybridized carbons (Fsp3) is 0.907. The molecular weight excluding hydrogens is 873 g/mol. The van der Waals surface area contributed by atoms with Gasteiger partial charge in [0, 0.05) is 13.0 Å². The van der Waals surface area contributed by atoms with Crippen LogP contribution in [0.15, 0.2) is 24.3 Å². The molecule has 2 aliphatic rings. The van der Waals surface area contributed by atoms with E-state index in [4.69, 9.17) is 28.4 Å². The largest absolute Gasteiger partial charge is 0.457 e. The molecule has 11 atom stereocenters. The van der Waals surface area contributed by atoms with Gasteiger partial charge in [-0.15, -0.1) is 0 Å². The van der Waals surface area contributed by atoms with E-state index in [2.05, 4.69) is 38.2 Å². The van der Waals surface area contributed by atoms with E-state index in [0.29, 0.717) is 13.0 Å². The highest BCUT2D eigenvalue weighted by molar-refractivity contribution is 5.69. The number of ether oxygens (including phenoxy) is 6. The van der Waals surface area contributed by atoms with Crippen LogP contribution < -0.4 is 0 Å². The van der Waals surface area contributed by atoms with Crippen molar-refractivity contribution in [3.05, 3.63) is 24.3 Å². The minimum Gasteiger partial charge on any atom is -0.457 e. The van der Waals surface area contributed by atoms with Crippen LogP contribution in [-0.2, 0) is 33.2 Å². The molecule has 400 valence electrons. The summed E-state index contributed by atoms with van der Waals surface area (Å²) in [5.41, 5.74) is 0. The third-order valence-electron chi connectivity index (χ3n) is 13.2. The molecule has 0 bridgehead atoms. The molecule has 11 unspecified atom stereocenters. The third-order valence-corrected chi connectivity index (χ3v) is 13.2. The van der Waals surface area contributed by atoms with Gasteiger partial charge < -0.3 is 64.2 Å². The number of esters is 1. The second kappa shape index (κ2) is 42.0. The van der Waals surface area contributed by atoms with E-state index < -0.39 is 80.7 Å². The monoisotopic (exact) mass is 973 g/mol. The first-order chi connectivity index (χ1) is 33.1. The maximum absolute atomic E-state index is 13.0.